The molecule has 3 rings (SSSR count). The number of amides is 1. The normalized spacial score (nSPS) is 15.8. The predicted octanol–water partition coefficient (Wildman–Crippen LogP) is 4.30. The average Bonchev–Trinajstić information content (AvgIpc) is 3.15. The van der Waals surface area contributed by atoms with E-state index in [4.69, 9.17) is 15.3 Å². The number of halogens is 2. The molecular formula is C21H22F2N2O3. The summed E-state index contributed by atoms with van der Waals surface area (Å²) in [5, 5.41) is 3.99. The van der Waals surface area contributed by atoms with Crippen molar-refractivity contribution < 1.29 is 23.1 Å². The molecule has 1 unspecified atom stereocenters. The minimum Gasteiger partial charge on any atom is -0.484 e. The Balaban J connectivity index is 1.58. The summed E-state index contributed by atoms with van der Waals surface area (Å²) in [5.41, 5.74) is 7.06. The number of nitrogens with zero attached hydrogens (tertiary/aromatic N) is 1. The summed E-state index contributed by atoms with van der Waals surface area (Å²) >= 11 is 0. The number of ether oxygens (including phenoxy) is 1. The third-order valence-electron chi connectivity index (χ3n) is 4.60. The number of aryl methyl sites for hydroxylation is 1. The van der Waals surface area contributed by atoms with Crippen molar-refractivity contribution in [1.29, 1.82) is 0 Å². The Kier molecular flexibility index (Phi) is 6.23. The molecule has 0 saturated carbocycles. The SMILES string of the molecule is CCCCc1ccc(C2CC(COc3ccc(F)c(C(N)=O)c3F)=NO2)cc1. The fourth-order valence-electron chi connectivity index (χ4n) is 3.00. The third-order valence-corrected chi connectivity index (χ3v) is 4.60. The Morgan fingerprint density at radius 2 is 2.00 bits per heavy atom. The van der Waals surface area contributed by atoms with Crippen LogP contribution in [0.3, 0.4) is 0 Å². The van der Waals surface area contributed by atoms with Crippen LogP contribution in [0.15, 0.2) is 41.6 Å². The zero-order chi connectivity index (χ0) is 20.1. The maximum atomic E-state index is 14.2. The van der Waals surface area contributed by atoms with Gasteiger partial charge in [0.1, 0.15) is 18.0 Å². The molecule has 2 aromatic carbocycles. The van der Waals surface area contributed by atoms with Crippen LogP contribution in [0.5, 0.6) is 5.75 Å². The lowest BCUT2D eigenvalue weighted by Crippen LogP contribution is -2.17. The van der Waals surface area contributed by atoms with E-state index in [0.29, 0.717) is 12.1 Å². The van der Waals surface area contributed by atoms with E-state index in [0.717, 1.165) is 37.0 Å². The molecule has 0 spiro atoms. The molecule has 148 valence electrons. The van der Waals surface area contributed by atoms with Crippen LogP contribution in [-0.4, -0.2) is 18.2 Å². The van der Waals surface area contributed by atoms with Gasteiger partial charge < -0.3 is 15.3 Å². The Bertz CT molecular complexity index is 882. The predicted molar refractivity (Wildman–Crippen MR) is 101 cm³/mol. The van der Waals surface area contributed by atoms with E-state index in [2.05, 4.69) is 24.2 Å². The lowest BCUT2D eigenvalue weighted by molar-refractivity contribution is 0.0856. The number of oxime groups is 1. The first-order chi connectivity index (χ1) is 13.5. The van der Waals surface area contributed by atoms with E-state index in [1.54, 1.807) is 0 Å². The van der Waals surface area contributed by atoms with Gasteiger partial charge in [-0.3, -0.25) is 4.79 Å². The van der Waals surface area contributed by atoms with Crippen LogP contribution in [0.2, 0.25) is 0 Å². The molecule has 2 N–H and O–H groups in total. The van der Waals surface area contributed by atoms with Crippen LogP contribution in [0.4, 0.5) is 8.78 Å². The summed E-state index contributed by atoms with van der Waals surface area (Å²) in [6, 6.07) is 10.3. The second-order valence-electron chi connectivity index (χ2n) is 6.69. The van der Waals surface area contributed by atoms with Crippen molar-refractivity contribution in [2.24, 2.45) is 10.9 Å². The third kappa shape index (κ3) is 4.47. The van der Waals surface area contributed by atoms with E-state index < -0.39 is 23.1 Å². The Morgan fingerprint density at radius 3 is 2.68 bits per heavy atom. The highest BCUT2D eigenvalue weighted by Crippen LogP contribution is 2.29. The molecule has 2 aromatic rings. The highest BCUT2D eigenvalue weighted by molar-refractivity contribution is 5.94. The first-order valence-electron chi connectivity index (χ1n) is 9.20. The molecular weight excluding hydrogens is 366 g/mol. The van der Waals surface area contributed by atoms with Crippen molar-refractivity contribution >= 4 is 11.6 Å². The van der Waals surface area contributed by atoms with Gasteiger partial charge in [-0.05, 0) is 36.1 Å². The lowest BCUT2D eigenvalue weighted by Gasteiger charge is -2.10. The van der Waals surface area contributed by atoms with Gasteiger partial charge in [0.2, 0.25) is 0 Å². The van der Waals surface area contributed by atoms with Crippen LogP contribution in [-0.2, 0) is 11.3 Å². The molecule has 0 saturated heterocycles. The summed E-state index contributed by atoms with van der Waals surface area (Å²) in [6.07, 6.45) is 3.63. The van der Waals surface area contributed by atoms with Gasteiger partial charge in [-0.25, -0.2) is 8.78 Å². The van der Waals surface area contributed by atoms with Crippen LogP contribution >= 0.6 is 0 Å². The van der Waals surface area contributed by atoms with E-state index in [9.17, 15) is 13.6 Å². The molecule has 1 aliphatic heterocycles. The van der Waals surface area contributed by atoms with Crippen molar-refractivity contribution in [3.05, 3.63) is 64.7 Å². The van der Waals surface area contributed by atoms with Crippen molar-refractivity contribution in [3.63, 3.8) is 0 Å². The average molecular weight is 388 g/mol. The van der Waals surface area contributed by atoms with E-state index in [-0.39, 0.29) is 18.5 Å². The molecule has 1 heterocycles. The van der Waals surface area contributed by atoms with Gasteiger partial charge in [0.15, 0.2) is 17.7 Å². The van der Waals surface area contributed by atoms with Crippen molar-refractivity contribution in [1.82, 2.24) is 0 Å². The molecule has 1 atom stereocenters. The van der Waals surface area contributed by atoms with Crippen molar-refractivity contribution in [3.8, 4) is 5.75 Å². The molecule has 0 aromatic heterocycles. The number of carbonyl (C=O) groups is 1. The number of unbranched alkanes of at least 4 members (excludes halogenated alkanes) is 1. The van der Waals surface area contributed by atoms with Gasteiger partial charge in [-0.15, -0.1) is 0 Å². The zero-order valence-electron chi connectivity index (χ0n) is 15.6. The number of rotatable bonds is 8. The second-order valence-corrected chi connectivity index (χ2v) is 6.69. The highest BCUT2D eigenvalue weighted by atomic mass is 19.1. The summed E-state index contributed by atoms with van der Waals surface area (Å²) in [4.78, 5) is 16.6. The van der Waals surface area contributed by atoms with Crippen molar-refractivity contribution in [2.75, 3.05) is 6.61 Å². The number of nitrogens with two attached hydrogens (primary N) is 1. The molecule has 0 bridgehead atoms. The molecule has 7 heteroatoms. The van der Waals surface area contributed by atoms with Gasteiger partial charge >= 0.3 is 0 Å². The van der Waals surface area contributed by atoms with Crippen LogP contribution in [0.1, 0.15) is 53.8 Å². The number of primary amides is 1. The minimum atomic E-state index is -1.19. The van der Waals surface area contributed by atoms with Gasteiger partial charge in [-0.1, -0.05) is 42.8 Å². The zero-order valence-corrected chi connectivity index (χ0v) is 15.6. The molecule has 5 nitrogen and oxygen atoms in total. The molecule has 0 radical (unpaired) electrons. The monoisotopic (exact) mass is 388 g/mol. The number of hydrogen-bond donors (Lipinski definition) is 1. The van der Waals surface area contributed by atoms with Gasteiger partial charge in [0, 0.05) is 6.42 Å². The van der Waals surface area contributed by atoms with E-state index >= 15 is 0 Å². The Morgan fingerprint density at radius 1 is 1.25 bits per heavy atom. The first kappa shape index (κ1) is 19.8. The highest BCUT2D eigenvalue weighted by Gasteiger charge is 2.24. The first-order valence-corrected chi connectivity index (χ1v) is 9.20. The van der Waals surface area contributed by atoms with Crippen molar-refractivity contribution in [2.45, 2.75) is 38.7 Å². The summed E-state index contributed by atoms with van der Waals surface area (Å²) in [5.74, 6) is -3.60. The number of carbonyl (C=O) groups excluding carboxylic acids is 1. The van der Waals surface area contributed by atoms with Gasteiger partial charge in [0.05, 0.1) is 5.71 Å². The topological polar surface area (TPSA) is 73.9 Å². The fraction of sp³-hybridized carbons (Fsp3) is 0.333. The largest absolute Gasteiger partial charge is 0.484 e. The van der Waals surface area contributed by atoms with Gasteiger partial charge in [0.25, 0.3) is 5.91 Å². The molecule has 1 aliphatic rings. The molecule has 0 fully saturated rings. The smallest absolute Gasteiger partial charge is 0.254 e. The van der Waals surface area contributed by atoms with E-state index in [1.807, 2.05) is 12.1 Å². The minimum absolute atomic E-state index is 0.0359. The van der Waals surface area contributed by atoms with Crippen LogP contribution < -0.4 is 10.5 Å². The molecule has 28 heavy (non-hydrogen) atoms. The van der Waals surface area contributed by atoms with Gasteiger partial charge in [-0.2, -0.15) is 0 Å². The maximum absolute atomic E-state index is 14.2. The fourth-order valence-corrected chi connectivity index (χ4v) is 3.00. The van der Waals surface area contributed by atoms with Crippen LogP contribution in [0, 0.1) is 11.6 Å². The maximum Gasteiger partial charge on any atom is 0.254 e. The summed E-state index contributed by atoms with van der Waals surface area (Å²) in [7, 11) is 0. The Hall–Kier alpha value is -2.96. The summed E-state index contributed by atoms with van der Waals surface area (Å²) in [6.45, 7) is 2.13. The standard InChI is InChI=1S/C21H22F2N2O3/c1-2-3-4-13-5-7-14(8-6-13)18-11-15(25-28-18)12-27-17-10-9-16(22)19(20(17)23)21(24)26/h5-10,18H,2-4,11-12H2,1H3,(H2,24,26). The summed E-state index contributed by atoms with van der Waals surface area (Å²) < 4.78 is 33.1. The molecule has 1 amide bonds. The van der Waals surface area contributed by atoms with E-state index in [1.165, 1.54) is 5.56 Å². The second kappa shape index (κ2) is 8.82. The number of hydrogen-bond acceptors (Lipinski definition) is 4. The number of benzene rings is 2. The Labute approximate surface area is 162 Å². The quantitative estimate of drug-likeness (QED) is 0.733. The molecule has 0 aliphatic carbocycles. The lowest BCUT2D eigenvalue weighted by atomic mass is 10.0. The van der Waals surface area contributed by atoms with Crippen LogP contribution in [0.25, 0.3) is 0 Å².